The number of hydrogen-bond acceptors (Lipinski definition) is 2. The van der Waals surface area contributed by atoms with Gasteiger partial charge in [-0.25, -0.2) is 4.39 Å². The lowest BCUT2D eigenvalue weighted by Gasteiger charge is -2.08. The molecule has 0 saturated heterocycles. The minimum absolute atomic E-state index is 0.282. The van der Waals surface area contributed by atoms with Gasteiger partial charge in [-0.15, -0.1) is 0 Å². The number of hydrogen-bond donors (Lipinski definition) is 2. The molecular formula is C16H13ClFN3. The molecule has 5 heteroatoms. The number of fused-ring (bicyclic) bond motifs is 1. The van der Waals surface area contributed by atoms with Crippen LogP contribution in [-0.2, 0) is 0 Å². The largest absolute Gasteiger partial charge is 0.303 e. The van der Waals surface area contributed by atoms with E-state index in [1.165, 1.54) is 0 Å². The van der Waals surface area contributed by atoms with E-state index >= 15 is 0 Å². The monoisotopic (exact) mass is 301 g/mol. The van der Waals surface area contributed by atoms with Crippen LogP contribution in [-0.4, -0.2) is 15.9 Å². The standard InChI is InChI=1S/C16H13ClFN3/c1-8-4-3-5-10(15(8)18)11-6-12-14(7-13(11)17)20-21-16(12)9(2)19/h3-7,19H,1-2H3,(H,20,21). The molecule has 2 N–H and O–H groups in total. The second-order valence-corrected chi connectivity index (χ2v) is 5.42. The SMILES string of the molecule is CC(=N)c1n[nH]c2cc(Cl)c(-c3cccc(C)c3F)cc12. The fraction of sp³-hybridized carbons (Fsp3) is 0.125. The first-order valence-electron chi connectivity index (χ1n) is 6.47. The number of benzene rings is 2. The molecule has 0 amide bonds. The summed E-state index contributed by atoms with van der Waals surface area (Å²) < 4.78 is 14.3. The Balaban J connectivity index is 2.32. The highest BCUT2D eigenvalue weighted by molar-refractivity contribution is 6.34. The van der Waals surface area contributed by atoms with Crippen molar-refractivity contribution in [1.82, 2.24) is 10.2 Å². The third-order valence-corrected chi connectivity index (χ3v) is 3.80. The average molecular weight is 302 g/mol. The molecular weight excluding hydrogens is 289 g/mol. The third kappa shape index (κ3) is 2.21. The van der Waals surface area contributed by atoms with E-state index in [0.717, 1.165) is 10.9 Å². The maximum atomic E-state index is 14.3. The van der Waals surface area contributed by atoms with Crippen molar-refractivity contribution in [3.8, 4) is 11.1 Å². The molecule has 0 aliphatic carbocycles. The van der Waals surface area contributed by atoms with Gasteiger partial charge in [-0.05, 0) is 31.5 Å². The van der Waals surface area contributed by atoms with Gasteiger partial charge in [0.05, 0.1) is 16.3 Å². The van der Waals surface area contributed by atoms with E-state index in [1.54, 1.807) is 44.2 Å². The van der Waals surface area contributed by atoms with Gasteiger partial charge in [-0.1, -0.05) is 29.8 Å². The third-order valence-electron chi connectivity index (χ3n) is 3.49. The first-order valence-corrected chi connectivity index (χ1v) is 6.85. The summed E-state index contributed by atoms with van der Waals surface area (Å²) in [6, 6.07) is 8.72. The first-order chi connectivity index (χ1) is 9.99. The maximum absolute atomic E-state index is 14.3. The highest BCUT2D eigenvalue weighted by Crippen LogP contribution is 2.34. The smallest absolute Gasteiger partial charge is 0.133 e. The van der Waals surface area contributed by atoms with Crippen LogP contribution < -0.4 is 0 Å². The van der Waals surface area contributed by atoms with Gasteiger partial charge in [0, 0.05) is 16.5 Å². The Hall–Kier alpha value is -2.20. The Bertz CT molecular complexity index is 867. The van der Waals surface area contributed by atoms with Crippen LogP contribution in [0.3, 0.4) is 0 Å². The minimum atomic E-state index is -0.282. The highest BCUT2D eigenvalue weighted by atomic mass is 35.5. The van der Waals surface area contributed by atoms with Crippen molar-refractivity contribution in [3.63, 3.8) is 0 Å². The number of halogens is 2. The van der Waals surface area contributed by atoms with Crippen LogP contribution in [0.5, 0.6) is 0 Å². The molecule has 0 spiro atoms. The van der Waals surface area contributed by atoms with E-state index in [2.05, 4.69) is 10.2 Å². The quantitative estimate of drug-likeness (QED) is 0.661. The summed E-state index contributed by atoms with van der Waals surface area (Å²) in [5, 5.41) is 15.9. The van der Waals surface area contributed by atoms with Crippen LogP contribution in [0.1, 0.15) is 18.2 Å². The Morgan fingerprint density at radius 3 is 2.76 bits per heavy atom. The predicted octanol–water partition coefficient (Wildman–Crippen LogP) is 4.72. The molecule has 106 valence electrons. The van der Waals surface area contributed by atoms with Crippen molar-refractivity contribution in [1.29, 1.82) is 5.41 Å². The summed E-state index contributed by atoms with van der Waals surface area (Å²) in [5.41, 5.74) is 3.26. The van der Waals surface area contributed by atoms with Crippen molar-refractivity contribution in [2.45, 2.75) is 13.8 Å². The van der Waals surface area contributed by atoms with Crippen LogP contribution in [0.25, 0.3) is 22.0 Å². The van der Waals surface area contributed by atoms with Gasteiger partial charge in [-0.2, -0.15) is 5.10 Å². The molecule has 1 heterocycles. The molecule has 0 unspecified atom stereocenters. The molecule has 1 aromatic heterocycles. The summed E-state index contributed by atoms with van der Waals surface area (Å²) in [7, 11) is 0. The van der Waals surface area contributed by atoms with E-state index in [1.807, 2.05) is 0 Å². The normalized spacial score (nSPS) is 11.0. The Morgan fingerprint density at radius 2 is 2.05 bits per heavy atom. The average Bonchev–Trinajstić information content (AvgIpc) is 2.84. The molecule has 0 saturated carbocycles. The van der Waals surface area contributed by atoms with Crippen molar-refractivity contribution in [3.05, 3.63) is 52.4 Å². The lowest BCUT2D eigenvalue weighted by molar-refractivity contribution is 0.622. The zero-order valence-electron chi connectivity index (χ0n) is 11.6. The summed E-state index contributed by atoms with van der Waals surface area (Å²) >= 11 is 6.28. The van der Waals surface area contributed by atoms with Crippen LogP contribution in [0, 0.1) is 18.2 Å². The number of nitrogens with one attached hydrogen (secondary N) is 2. The van der Waals surface area contributed by atoms with Gasteiger partial charge in [0.2, 0.25) is 0 Å². The number of aromatic nitrogens is 2. The first kappa shape index (κ1) is 13.8. The fourth-order valence-electron chi connectivity index (χ4n) is 2.39. The van der Waals surface area contributed by atoms with Crippen LogP contribution >= 0.6 is 11.6 Å². The molecule has 0 bridgehead atoms. The van der Waals surface area contributed by atoms with Crippen molar-refractivity contribution < 1.29 is 4.39 Å². The van der Waals surface area contributed by atoms with Gasteiger partial charge in [0.1, 0.15) is 11.5 Å². The lowest BCUT2D eigenvalue weighted by atomic mass is 10.00. The number of H-pyrrole nitrogens is 1. The molecule has 0 fully saturated rings. The van der Waals surface area contributed by atoms with E-state index in [4.69, 9.17) is 17.0 Å². The molecule has 0 radical (unpaired) electrons. The van der Waals surface area contributed by atoms with Crippen LogP contribution in [0.4, 0.5) is 4.39 Å². The van der Waals surface area contributed by atoms with Gasteiger partial charge in [-0.3, -0.25) is 5.10 Å². The zero-order chi connectivity index (χ0) is 15.1. The zero-order valence-corrected chi connectivity index (χ0v) is 12.3. The van der Waals surface area contributed by atoms with Crippen molar-refractivity contribution in [2.24, 2.45) is 0 Å². The summed E-state index contributed by atoms with van der Waals surface area (Å²) in [6.45, 7) is 3.38. The molecule has 3 nitrogen and oxygen atoms in total. The molecule has 0 atom stereocenters. The molecule has 0 aliphatic heterocycles. The van der Waals surface area contributed by atoms with Gasteiger partial charge in [0.25, 0.3) is 0 Å². The highest BCUT2D eigenvalue weighted by Gasteiger charge is 2.15. The van der Waals surface area contributed by atoms with Crippen LogP contribution in [0.15, 0.2) is 30.3 Å². The summed E-state index contributed by atoms with van der Waals surface area (Å²) in [6.07, 6.45) is 0. The van der Waals surface area contributed by atoms with Gasteiger partial charge in [0.15, 0.2) is 0 Å². The molecule has 3 rings (SSSR count). The van der Waals surface area contributed by atoms with Crippen LogP contribution in [0.2, 0.25) is 5.02 Å². The molecule has 0 aliphatic rings. The van der Waals surface area contributed by atoms with E-state index in [-0.39, 0.29) is 5.82 Å². The number of rotatable bonds is 2. The maximum Gasteiger partial charge on any atom is 0.133 e. The van der Waals surface area contributed by atoms with Gasteiger partial charge >= 0.3 is 0 Å². The minimum Gasteiger partial charge on any atom is -0.303 e. The predicted molar refractivity (Wildman–Crippen MR) is 83.7 cm³/mol. The number of aromatic amines is 1. The number of aryl methyl sites for hydroxylation is 1. The van der Waals surface area contributed by atoms with E-state index < -0.39 is 0 Å². The van der Waals surface area contributed by atoms with Crippen molar-refractivity contribution in [2.75, 3.05) is 0 Å². The second-order valence-electron chi connectivity index (χ2n) is 5.01. The molecule has 3 aromatic rings. The Morgan fingerprint density at radius 1 is 1.29 bits per heavy atom. The van der Waals surface area contributed by atoms with Gasteiger partial charge < -0.3 is 5.41 Å². The summed E-state index contributed by atoms with van der Waals surface area (Å²) in [4.78, 5) is 0. The number of nitrogens with zero attached hydrogens (tertiary/aromatic N) is 1. The lowest BCUT2D eigenvalue weighted by Crippen LogP contribution is -1.93. The second kappa shape index (κ2) is 4.97. The Labute approximate surface area is 126 Å². The molecule has 2 aromatic carbocycles. The fourth-order valence-corrected chi connectivity index (χ4v) is 2.65. The Kier molecular flexibility index (Phi) is 3.26. The van der Waals surface area contributed by atoms with E-state index in [9.17, 15) is 4.39 Å². The summed E-state index contributed by atoms with van der Waals surface area (Å²) in [5.74, 6) is -0.282. The molecule has 21 heavy (non-hydrogen) atoms. The topological polar surface area (TPSA) is 52.5 Å². The van der Waals surface area contributed by atoms with E-state index in [0.29, 0.717) is 33.1 Å². The van der Waals surface area contributed by atoms with Crippen molar-refractivity contribution >= 4 is 28.2 Å².